The highest BCUT2D eigenvalue weighted by atomic mass is 16.5. The van der Waals surface area contributed by atoms with Gasteiger partial charge in [-0.1, -0.05) is 29.8 Å². The average Bonchev–Trinajstić information content (AvgIpc) is 2.30. The molecule has 2 nitrogen and oxygen atoms in total. The van der Waals surface area contributed by atoms with E-state index in [2.05, 4.69) is 37.3 Å². The molecule has 0 amide bonds. The molecule has 1 aliphatic heterocycles. The molecule has 1 aliphatic rings. The molecule has 0 spiro atoms. The van der Waals surface area contributed by atoms with E-state index in [0.717, 1.165) is 19.3 Å². The fourth-order valence-corrected chi connectivity index (χ4v) is 1.94. The summed E-state index contributed by atoms with van der Waals surface area (Å²) in [6.45, 7) is 2.07. The quantitative estimate of drug-likeness (QED) is 0.699. The summed E-state index contributed by atoms with van der Waals surface area (Å²) in [5, 5.41) is 8.82. The molecule has 2 rings (SSSR count). The first-order valence-corrected chi connectivity index (χ1v) is 5.41. The van der Waals surface area contributed by atoms with Gasteiger partial charge in [-0.05, 0) is 31.7 Å². The van der Waals surface area contributed by atoms with Crippen LogP contribution in [0.3, 0.4) is 0 Å². The van der Waals surface area contributed by atoms with Crippen LogP contribution in [0.2, 0.25) is 0 Å². The zero-order valence-corrected chi connectivity index (χ0v) is 8.94. The van der Waals surface area contributed by atoms with Gasteiger partial charge in [-0.25, -0.2) is 0 Å². The third kappa shape index (κ3) is 2.37. The number of rotatable bonds is 1. The fourth-order valence-electron chi connectivity index (χ4n) is 1.94. The minimum atomic E-state index is -0.218. The van der Waals surface area contributed by atoms with Crippen molar-refractivity contribution in [3.8, 4) is 6.07 Å². The van der Waals surface area contributed by atoms with E-state index in [0.29, 0.717) is 0 Å². The van der Waals surface area contributed by atoms with Gasteiger partial charge in [0.05, 0.1) is 12.2 Å². The Balaban J connectivity index is 2.10. The Labute approximate surface area is 90.5 Å². The lowest BCUT2D eigenvalue weighted by Gasteiger charge is -2.26. The van der Waals surface area contributed by atoms with Crippen molar-refractivity contribution in [2.45, 2.75) is 38.4 Å². The van der Waals surface area contributed by atoms with Crippen LogP contribution in [0.4, 0.5) is 0 Å². The van der Waals surface area contributed by atoms with Crippen LogP contribution in [0.25, 0.3) is 0 Å². The van der Waals surface area contributed by atoms with Gasteiger partial charge in [0, 0.05) is 0 Å². The van der Waals surface area contributed by atoms with Gasteiger partial charge in [0.1, 0.15) is 6.10 Å². The molecule has 2 unspecified atom stereocenters. The van der Waals surface area contributed by atoms with E-state index in [-0.39, 0.29) is 12.2 Å². The van der Waals surface area contributed by atoms with E-state index in [1.54, 1.807) is 0 Å². The highest BCUT2D eigenvalue weighted by molar-refractivity contribution is 5.23. The van der Waals surface area contributed by atoms with Crippen molar-refractivity contribution in [1.82, 2.24) is 0 Å². The number of aryl methyl sites for hydroxylation is 1. The van der Waals surface area contributed by atoms with Crippen LogP contribution in [-0.4, -0.2) is 6.10 Å². The second kappa shape index (κ2) is 4.46. The molecular formula is C13H15NO. The number of nitriles is 1. The number of nitrogens with zero attached hydrogens (tertiary/aromatic N) is 1. The van der Waals surface area contributed by atoms with Gasteiger partial charge >= 0.3 is 0 Å². The zero-order chi connectivity index (χ0) is 10.7. The highest BCUT2D eigenvalue weighted by Gasteiger charge is 2.22. The molecule has 0 radical (unpaired) electrons. The first-order valence-electron chi connectivity index (χ1n) is 5.41. The molecule has 78 valence electrons. The Bertz CT molecular complexity index is 363. The van der Waals surface area contributed by atoms with Crippen molar-refractivity contribution < 1.29 is 4.74 Å². The number of hydrogen-bond acceptors (Lipinski definition) is 2. The van der Waals surface area contributed by atoms with E-state index < -0.39 is 0 Å². The average molecular weight is 201 g/mol. The Morgan fingerprint density at radius 1 is 1.27 bits per heavy atom. The topological polar surface area (TPSA) is 33.0 Å². The van der Waals surface area contributed by atoms with Crippen LogP contribution in [-0.2, 0) is 4.74 Å². The van der Waals surface area contributed by atoms with Gasteiger partial charge < -0.3 is 4.74 Å². The Morgan fingerprint density at radius 2 is 2.00 bits per heavy atom. The van der Waals surface area contributed by atoms with Gasteiger partial charge in [-0.2, -0.15) is 5.26 Å². The molecule has 15 heavy (non-hydrogen) atoms. The molecule has 1 aromatic rings. The van der Waals surface area contributed by atoms with Crippen molar-refractivity contribution in [3.05, 3.63) is 35.4 Å². The smallest absolute Gasteiger partial charge is 0.144 e. The third-order valence-electron chi connectivity index (χ3n) is 2.85. The van der Waals surface area contributed by atoms with E-state index in [9.17, 15) is 0 Å². The van der Waals surface area contributed by atoms with Gasteiger partial charge in [0.15, 0.2) is 0 Å². The van der Waals surface area contributed by atoms with Crippen molar-refractivity contribution in [2.24, 2.45) is 0 Å². The second-order valence-corrected chi connectivity index (χ2v) is 4.08. The lowest BCUT2D eigenvalue weighted by molar-refractivity contribution is -0.0228. The molecule has 1 aromatic carbocycles. The molecular weight excluding hydrogens is 186 g/mol. The van der Waals surface area contributed by atoms with Gasteiger partial charge in [0.2, 0.25) is 0 Å². The molecule has 0 aromatic heterocycles. The van der Waals surface area contributed by atoms with Crippen LogP contribution in [0, 0.1) is 18.3 Å². The molecule has 1 saturated heterocycles. The minimum Gasteiger partial charge on any atom is -0.355 e. The maximum atomic E-state index is 8.82. The monoisotopic (exact) mass is 201 g/mol. The lowest BCUT2D eigenvalue weighted by atomic mass is 9.98. The van der Waals surface area contributed by atoms with Crippen LogP contribution >= 0.6 is 0 Å². The maximum absolute atomic E-state index is 8.82. The summed E-state index contributed by atoms with van der Waals surface area (Å²) in [4.78, 5) is 0. The zero-order valence-electron chi connectivity index (χ0n) is 8.94. The van der Waals surface area contributed by atoms with Crippen LogP contribution in [0.5, 0.6) is 0 Å². The second-order valence-electron chi connectivity index (χ2n) is 4.08. The van der Waals surface area contributed by atoms with Crippen molar-refractivity contribution >= 4 is 0 Å². The summed E-state index contributed by atoms with van der Waals surface area (Å²) in [6.07, 6.45) is 2.88. The summed E-state index contributed by atoms with van der Waals surface area (Å²) in [6, 6.07) is 10.6. The molecule has 0 saturated carbocycles. The van der Waals surface area contributed by atoms with Crippen molar-refractivity contribution in [3.63, 3.8) is 0 Å². The first kappa shape index (κ1) is 10.2. The Hall–Kier alpha value is -1.33. The molecule has 1 fully saturated rings. The molecule has 1 heterocycles. The SMILES string of the molecule is Cc1ccc(C2CCCC(C#N)O2)cc1. The summed E-state index contributed by atoms with van der Waals surface area (Å²) < 4.78 is 5.70. The summed E-state index contributed by atoms with van der Waals surface area (Å²) in [7, 11) is 0. The highest BCUT2D eigenvalue weighted by Crippen LogP contribution is 2.30. The van der Waals surface area contributed by atoms with Crippen molar-refractivity contribution in [1.29, 1.82) is 5.26 Å². The first-order chi connectivity index (χ1) is 7.29. The predicted molar refractivity (Wildman–Crippen MR) is 58.3 cm³/mol. The van der Waals surface area contributed by atoms with Crippen molar-refractivity contribution in [2.75, 3.05) is 0 Å². The predicted octanol–water partition coefficient (Wildman–Crippen LogP) is 3.13. The van der Waals surface area contributed by atoms with E-state index in [1.807, 2.05) is 0 Å². The standard InChI is InChI=1S/C13H15NO/c1-10-5-7-11(8-6-10)13-4-2-3-12(9-14)15-13/h5-8,12-13H,2-4H2,1H3. The summed E-state index contributed by atoms with van der Waals surface area (Å²) in [5.41, 5.74) is 2.45. The Kier molecular flexibility index (Phi) is 3.03. The van der Waals surface area contributed by atoms with E-state index >= 15 is 0 Å². The summed E-state index contributed by atoms with van der Waals surface area (Å²) >= 11 is 0. The molecule has 0 aliphatic carbocycles. The minimum absolute atomic E-state index is 0.115. The molecule has 2 heteroatoms. The number of benzene rings is 1. The number of hydrogen-bond donors (Lipinski definition) is 0. The number of ether oxygens (including phenoxy) is 1. The summed E-state index contributed by atoms with van der Waals surface area (Å²) in [5.74, 6) is 0. The molecule has 0 bridgehead atoms. The van der Waals surface area contributed by atoms with E-state index in [4.69, 9.17) is 10.00 Å². The molecule has 2 atom stereocenters. The van der Waals surface area contributed by atoms with Gasteiger partial charge in [0.25, 0.3) is 0 Å². The van der Waals surface area contributed by atoms with Crippen LogP contribution in [0.15, 0.2) is 24.3 Å². The third-order valence-corrected chi connectivity index (χ3v) is 2.85. The maximum Gasteiger partial charge on any atom is 0.144 e. The van der Waals surface area contributed by atoms with Gasteiger partial charge in [-0.15, -0.1) is 0 Å². The Morgan fingerprint density at radius 3 is 2.67 bits per heavy atom. The lowest BCUT2D eigenvalue weighted by Crippen LogP contribution is -2.20. The van der Waals surface area contributed by atoms with E-state index in [1.165, 1.54) is 11.1 Å². The largest absolute Gasteiger partial charge is 0.355 e. The molecule has 0 N–H and O–H groups in total. The fraction of sp³-hybridized carbons (Fsp3) is 0.462. The van der Waals surface area contributed by atoms with Gasteiger partial charge in [-0.3, -0.25) is 0 Å². The normalized spacial score (nSPS) is 25.9. The van der Waals surface area contributed by atoms with Crippen LogP contribution in [0.1, 0.15) is 36.5 Å². The van der Waals surface area contributed by atoms with Crippen LogP contribution < -0.4 is 0 Å².